The molecule has 1 aromatic carbocycles. The molecule has 6 nitrogen and oxygen atoms in total. The van der Waals surface area contributed by atoms with Crippen molar-refractivity contribution in [1.82, 2.24) is 19.7 Å². The Labute approximate surface area is 202 Å². The third kappa shape index (κ3) is 4.18. The van der Waals surface area contributed by atoms with Gasteiger partial charge in [-0.1, -0.05) is 23.2 Å². The summed E-state index contributed by atoms with van der Waals surface area (Å²) < 4.78 is 21.9. The van der Waals surface area contributed by atoms with E-state index in [2.05, 4.69) is 22.0 Å². The van der Waals surface area contributed by atoms with Gasteiger partial charge in [0.15, 0.2) is 11.6 Å². The van der Waals surface area contributed by atoms with Gasteiger partial charge in [-0.3, -0.25) is 9.58 Å². The van der Waals surface area contributed by atoms with Crippen molar-refractivity contribution in [3.05, 3.63) is 58.2 Å². The van der Waals surface area contributed by atoms with Crippen LogP contribution in [0.25, 0.3) is 11.1 Å². The van der Waals surface area contributed by atoms with Crippen LogP contribution in [0.3, 0.4) is 0 Å². The van der Waals surface area contributed by atoms with Gasteiger partial charge in [0.05, 0.1) is 17.8 Å². The van der Waals surface area contributed by atoms with Crippen LogP contribution in [0.4, 0.5) is 10.2 Å². The van der Waals surface area contributed by atoms with E-state index in [1.165, 1.54) is 37.8 Å². The molecule has 1 aliphatic heterocycles. The third-order valence-corrected chi connectivity index (χ3v) is 7.82. The monoisotopic (exact) mass is 489 g/mol. The molecule has 0 bridgehead atoms. The van der Waals surface area contributed by atoms with Gasteiger partial charge in [-0.05, 0) is 57.9 Å². The van der Waals surface area contributed by atoms with Gasteiger partial charge in [-0.2, -0.15) is 5.10 Å². The second kappa shape index (κ2) is 8.46. The van der Waals surface area contributed by atoms with Crippen molar-refractivity contribution in [3.63, 3.8) is 0 Å². The fourth-order valence-electron chi connectivity index (χ4n) is 4.85. The molecule has 2 aliphatic rings. The number of likely N-dealkylation sites (N-methyl/N-ethyl adjacent to an activating group) is 1. The summed E-state index contributed by atoms with van der Waals surface area (Å²) in [4.78, 5) is 6.82. The second-order valence-corrected chi connectivity index (χ2v) is 9.89. The average molecular weight is 490 g/mol. The number of hydrogen-bond acceptors (Lipinski definition) is 5. The van der Waals surface area contributed by atoms with E-state index in [1.54, 1.807) is 13.1 Å². The zero-order valence-corrected chi connectivity index (χ0v) is 20.1. The van der Waals surface area contributed by atoms with Gasteiger partial charge in [0, 0.05) is 45.7 Å². The highest BCUT2D eigenvalue weighted by Crippen LogP contribution is 2.51. The molecule has 1 saturated carbocycles. The van der Waals surface area contributed by atoms with Gasteiger partial charge in [0.1, 0.15) is 11.9 Å². The van der Waals surface area contributed by atoms with Crippen molar-refractivity contribution < 1.29 is 9.13 Å². The smallest absolute Gasteiger partial charge is 0.166 e. The number of nitrogen functional groups attached to an aromatic ring is 1. The van der Waals surface area contributed by atoms with Gasteiger partial charge in [-0.25, -0.2) is 9.37 Å². The number of halogens is 3. The summed E-state index contributed by atoms with van der Waals surface area (Å²) in [5.41, 5.74) is 8.63. The Bertz CT molecular complexity index is 1200. The number of nitrogens with zero attached hydrogens (tertiary/aromatic N) is 4. The maximum absolute atomic E-state index is 13.9. The van der Waals surface area contributed by atoms with Gasteiger partial charge in [0.25, 0.3) is 0 Å². The van der Waals surface area contributed by atoms with Gasteiger partial charge in [-0.15, -0.1) is 0 Å². The van der Waals surface area contributed by atoms with E-state index in [0.29, 0.717) is 27.9 Å². The molecule has 2 aromatic heterocycles. The minimum atomic E-state index is -0.629. The summed E-state index contributed by atoms with van der Waals surface area (Å²) in [5.74, 6) is 0.0404. The van der Waals surface area contributed by atoms with Crippen LogP contribution in [0.15, 0.2) is 36.8 Å². The molecule has 9 heteroatoms. The summed E-state index contributed by atoms with van der Waals surface area (Å²) in [6.07, 6.45) is 10.0. The van der Waals surface area contributed by atoms with Crippen molar-refractivity contribution in [2.45, 2.75) is 56.8 Å². The lowest BCUT2D eigenvalue weighted by atomic mass is 10.1. The molecule has 2 unspecified atom stereocenters. The standard InChI is InChI=1S/C24H26Cl2FN5O/c1-14(21-18(25)3-4-19(27)22(21)26)33-20-9-15(10-29-23(20)28)16-11-30-32(12-16)13-17-5-6-24(7-8-24)31(17)2/h3-4,9-12,14,17H,5-8,13H2,1-2H3,(H2,28,29). The normalized spacial score (nSPS) is 20.3. The first-order chi connectivity index (χ1) is 15.8. The molecule has 33 heavy (non-hydrogen) atoms. The predicted octanol–water partition coefficient (Wildman–Crippen LogP) is 5.74. The van der Waals surface area contributed by atoms with Crippen LogP contribution in [0.2, 0.25) is 10.0 Å². The first-order valence-corrected chi connectivity index (χ1v) is 11.8. The quantitative estimate of drug-likeness (QED) is 0.447. The Morgan fingerprint density at radius 2 is 2.03 bits per heavy atom. The highest BCUT2D eigenvalue weighted by atomic mass is 35.5. The van der Waals surface area contributed by atoms with Gasteiger partial charge in [0.2, 0.25) is 0 Å². The topological polar surface area (TPSA) is 69.2 Å². The Balaban J connectivity index is 1.34. The molecule has 3 aromatic rings. The number of ether oxygens (including phenoxy) is 1. The highest BCUT2D eigenvalue weighted by Gasteiger charge is 2.52. The zero-order chi connectivity index (χ0) is 23.3. The lowest BCUT2D eigenvalue weighted by Gasteiger charge is -2.25. The number of pyridine rings is 1. The van der Waals surface area contributed by atoms with Crippen molar-refractivity contribution in [3.8, 4) is 16.9 Å². The number of hydrogen-bond donors (Lipinski definition) is 1. The number of aromatic nitrogens is 3. The molecular weight excluding hydrogens is 464 g/mol. The Morgan fingerprint density at radius 1 is 1.24 bits per heavy atom. The minimum absolute atomic E-state index is 0.0659. The van der Waals surface area contributed by atoms with Crippen LogP contribution in [-0.2, 0) is 6.54 Å². The molecule has 174 valence electrons. The second-order valence-electron chi connectivity index (χ2n) is 9.10. The molecular formula is C24H26Cl2FN5O. The summed E-state index contributed by atoms with van der Waals surface area (Å²) in [7, 11) is 2.24. The number of rotatable bonds is 6. The SMILES string of the molecule is CC(Oc1cc(-c2cnn(CC3CCC4(CC4)N3C)c2)cnc1N)c1c(Cl)ccc(F)c1Cl. The maximum Gasteiger partial charge on any atom is 0.166 e. The minimum Gasteiger partial charge on any atom is -0.482 e. The molecule has 1 spiro atoms. The lowest BCUT2D eigenvalue weighted by molar-refractivity contribution is 0.203. The van der Waals surface area contributed by atoms with Crippen LogP contribution >= 0.6 is 23.2 Å². The molecule has 2 atom stereocenters. The van der Waals surface area contributed by atoms with E-state index in [9.17, 15) is 4.39 Å². The maximum atomic E-state index is 13.9. The zero-order valence-electron chi connectivity index (χ0n) is 18.6. The fourth-order valence-corrected chi connectivity index (χ4v) is 5.53. The highest BCUT2D eigenvalue weighted by molar-refractivity contribution is 6.36. The summed E-state index contributed by atoms with van der Waals surface area (Å²) >= 11 is 12.4. The molecule has 3 heterocycles. The van der Waals surface area contributed by atoms with E-state index in [1.807, 2.05) is 23.1 Å². The molecule has 0 amide bonds. The molecule has 2 fully saturated rings. The van der Waals surface area contributed by atoms with Crippen LogP contribution < -0.4 is 10.5 Å². The number of anilines is 1. The van der Waals surface area contributed by atoms with E-state index in [0.717, 1.165) is 17.7 Å². The van der Waals surface area contributed by atoms with Crippen LogP contribution in [-0.4, -0.2) is 38.3 Å². The van der Waals surface area contributed by atoms with Crippen LogP contribution in [0, 0.1) is 5.82 Å². The molecule has 0 radical (unpaired) electrons. The van der Waals surface area contributed by atoms with E-state index in [-0.39, 0.29) is 10.8 Å². The summed E-state index contributed by atoms with van der Waals surface area (Å²) in [5, 5.41) is 4.82. The molecule has 5 rings (SSSR count). The summed E-state index contributed by atoms with van der Waals surface area (Å²) in [6.45, 7) is 2.60. The van der Waals surface area contributed by atoms with Crippen molar-refractivity contribution in [1.29, 1.82) is 0 Å². The van der Waals surface area contributed by atoms with Crippen molar-refractivity contribution in [2.75, 3.05) is 12.8 Å². The van der Waals surface area contributed by atoms with Gasteiger partial charge < -0.3 is 10.5 Å². The van der Waals surface area contributed by atoms with Gasteiger partial charge >= 0.3 is 0 Å². The van der Waals surface area contributed by atoms with E-state index in [4.69, 9.17) is 33.7 Å². The van der Waals surface area contributed by atoms with E-state index < -0.39 is 11.9 Å². The molecule has 1 saturated heterocycles. The predicted molar refractivity (Wildman–Crippen MR) is 128 cm³/mol. The Kier molecular flexibility index (Phi) is 5.75. The number of likely N-dealkylation sites (tertiary alicyclic amines) is 1. The number of benzene rings is 1. The van der Waals surface area contributed by atoms with Crippen molar-refractivity contribution in [2.24, 2.45) is 0 Å². The van der Waals surface area contributed by atoms with E-state index >= 15 is 0 Å². The molecule has 2 N–H and O–H groups in total. The third-order valence-electron chi connectivity index (χ3n) is 7.10. The summed E-state index contributed by atoms with van der Waals surface area (Å²) in [6, 6.07) is 4.99. The van der Waals surface area contributed by atoms with Crippen LogP contribution in [0.5, 0.6) is 5.75 Å². The average Bonchev–Trinajstić information content (AvgIpc) is 3.34. The largest absolute Gasteiger partial charge is 0.482 e. The van der Waals surface area contributed by atoms with Crippen molar-refractivity contribution >= 4 is 29.0 Å². The molecule has 1 aliphatic carbocycles. The number of nitrogens with two attached hydrogens (primary N) is 1. The van der Waals surface area contributed by atoms with Crippen LogP contribution in [0.1, 0.15) is 44.3 Å². The Morgan fingerprint density at radius 3 is 2.76 bits per heavy atom. The lowest BCUT2D eigenvalue weighted by Crippen LogP contribution is -2.36. The first-order valence-electron chi connectivity index (χ1n) is 11.1. The Hall–Kier alpha value is -2.35. The first kappa shape index (κ1) is 22.4. The fraction of sp³-hybridized carbons (Fsp3) is 0.417.